The van der Waals surface area contributed by atoms with E-state index in [9.17, 15) is 26.3 Å². The molecule has 2 N–H and O–H groups in total. The van der Waals surface area contributed by atoms with Crippen LogP contribution in [0.15, 0.2) is 41.5 Å². The van der Waals surface area contributed by atoms with E-state index in [0.717, 1.165) is 42.2 Å². The fraction of sp³-hybridized carbons (Fsp3) is 0.300. The van der Waals surface area contributed by atoms with Crippen LogP contribution in [0.5, 0.6) is 0 Å². The molecule has 1 aromatic carbocycles. The van der Waals surface area contributed by atoms with Gasteiger partial charge >= 0.3 is 6.18 Å². The van der Waals surface area contributed by atoms with Crippen molar-refractivity contribution in [3.8, 4) is 0 Å². The molecule has 0 bridgehead atoms. The van der Waals surface area contributed by atoms with Gasteiger partial charge < -0.3 is 10.5 Å². The minimum Gasteiger partial charge on any atom is -0.379 e. The average Bonchev–Trinajstić information content (AvgIpc) is 3.09. The van der Waals surface area contributed by atoms with Gasteiger partial charge in [0, 0.05) is 17.2 Å². The van der Waals surface area contributed by atoms with Crippen LogP contribution >= 0.6 is 11.8 Å². The first kappa shape index (κ1) is 21.7. The number of amidine groups is 1. The molecule has 3 atom stereocenters. The Morgan fingerprint density at radius 3 is 2.68 bits per heavy atom. The Morgan fingerprint density at radius 2 is 2.00 bits per heavy atom. The number of ether oxygens (including phenoxy) is 1. The van der Waals surface area contributed by atoms with E-state index in [0.29, 0.717) is 0 Å². The fourth-order valence-electron chi connectivity index (χ4n) is 3.80. The summed E-state index contributed by atoms with van der Waals surface area (Å²) >= 11 is 0.941. The molecule has 31 heavy (non-hydrogen) atoms. The molecule has 1 saturated heterocycles. The first-order valence-electron chi connectivity index (χ1n) is 9.06. The van der Waals surface area contributed by atoms with Crippen molar-refractivity contribution in [1.82, 2.24) is 4.98 Å². The predicted octanol–water partition coefficient (Wildman–Crippen LogP) is 4.66. The van der Waals surface area contributed by atoms with Crippen molar-refractivity contribution in [3.05, 3.63) is 65.0 Å². The Balaban J connectivity index is 1.77. The Hall–Kier alpha value is -2.53. The van der Waals surface area contributed by atoms with Crippen LogP contribution < -0.4 is 5.73 Å². The van der Waals surface area contributed by atoms with Crippen LogP contribution in [-0.2, 0) is 10.3 Å². The minimum atomic E-state index is -4.66. The predicted molar refractivity (Wildman–Crippen MR) is 105 cm³/mol. The summed E-state index contributed by atoms with van der Waals surface area (Å²) in [4.78, 5) is 7.81. The van der Waals surface area contributed by atoms with Crippen LogP contribution in [-0.4, -0.2) is 34.8 Å². The Bertz CT molecular complexity index is 1060. The number of nitrogens with two attached hydrogens (primary N) is 1. The summed E-state index contributed by atoms with van der Waals surface area (Å²) < 4.78 is 87.8. The number of hydrogen-bond donors (Lipinski definition) is 1. The van der Waals surface area contributed by atoms with Gasteiger partial charge in [0.05, 0.1) is 18.5 Å². The lowest BCUT2D eigenvalue weighted by atomic mass is 9.78. The summed E-state index contributed by atoms with van der Waals surface area (Å²) in [5.74, 6) is -3.55. The van der Waals surface area contributed by atoms with Gasteiger partial charge in [0.25, 0.3) is 0 Å². The van der Waals surface area contributed by atoms with Gasteiger partial charge in [0.1, 0.15) is 23.0 Å². The highest BCUT2D eigenvalue weighted by atomic mass is 32.2. The summed E-state index contributed by atoms with van der Waals surface area (Å²) in [5, 5.41) is 0.0183. The van der Waals surface area contributed by atoms with E-state index in [4.69, 9.17) is 10.5 Å². The number of aliphatic imine (C=N–C) groups is 1. The number of pyridine rings is 1. The highest BCUT2D eigenvalue weighted by molar-refractivity contribution is 8.13. The van der Waals surface area contributed by atoms with Crippen LogP contribution in [0.3, 0.4) is 0 Å². The standard InChI is InChI=1S/C20H15F6N3OS/c21-11-2-4-16(28-7-11)15(23)6-10-1-3-14(22)12(5-10)19-9-30-17(20(24,25)26)13(19)8-31-18(27)29-19/h1-7,13,17H,8-9H2,(H2,27,29)/b15-6-. The maximum Gasteiger partial charge on any atom is 0.415 e. The number of rotatable bonds is 3. The van der Waals surface area contributed by atoms with Crippen molar-refractivity contribution in [1.29, 1.82) is 0 Å². The highest BCUT2D eigenvalue weighted by Gasteiger charge is 2.61. The number of fused-ring (bicyclic) bond motifs is 1. The van der Waals surface area contributed by atoms with Gasteiger partial charge in [0.2, 0.25) is 0 Å². The summed E-state index contributed by atoms with van der Waals surface area (Å²) in [6, 6.07) is 5.66. The number of aromatic nitrogens is 1. The zero-order valence-corrected chi connectivity index (χ0v) is 16.5. The van der Waals surface area contributed by atoms with Crippen LogP contribution in [0.4, 0.5) is 26.3 Å². The molecule has 0 saturated carbocycles. The molecule has 0 radical (unpaired) electrons. The molecule has 1 aromatic heterocycles. The van der Waals surface area contributed by atoms with Crippen molar-refractivity contribution in [2.24, 2.45) is 16.6 Å². The van der Waals surface area contributed by atoms with Gasteiger partial charge in [-0.2, -0.15) is 13.2 Å². The summed E-state index contributed by atoms with van der Waals surface area (Å²) in [6.45, 7) is -0.519. The normalized spacial score (nSPS) is 26.5. The second kappa shape index (κ2) is 7.86. The van der Waals surface area contributed by atoms with Crippen LogP contribution in [0.2, 0.25) is 0 Å². The largest absolute Gasteiger partial charge is 0.415 e. The number of thioether (sulfide) groups is 1. The van der Waals surface area contributed by atoms with E-state index < -0.39 is 47.8 Å². The number of alkyl halides is 3. The molecule has 0 spiro atoms. The van der Waals surface area contributed by atoms with E-state index in [2.05, 4.69) is 9.98 Å². The second-order valence-electron chi connectivity index (χ2n) is 7.16. The van der Waals surface area contributed by atoms with Crippen LogP contribution in [0.1, 0.15) is 16.8 Å². The molecule has 3 heterocycles. The zero-order valence-electron chi connectivity index (χ0n) is 15.7. The molecule has 2 aromatic rings. The third kappa shape index (κ3) is 4.03. The van der Waals surface area contributed by atoms with Gasteiger partial charge in [-0.1, -0.05) is 17.8 Å². The van der Waals surface area contributed by atoms with E-state index >= 15 is 0 Å². The molecule has 4 nitrogen and oxygen atoms in total. The smallest absolute Gasteiger partial charge is 0.379 e. The minimum absolute atomic E-state index is 0.0183. The molecule has 0 amide bonds. The first-order valence-corrected chi connectivity index (χ1v) is 10.0. The fourth-order valence-corrected chi connectivity index (χ4v) is 4.83. The Kier molecular flexibility index (Phi) is 5.50. The van der Waals surface area contributed by atoms with E-state index in [1.54, 1.807) is 0 Å². The summed E-state index contributed by atoms with van der Waals surface area (Å²) in [7, 11) is 0. The monoisotopic (exact) mass is 459 g/mol. The molecule has 4 rings (SSSR count). The molecule has 2 aliphatic heterocycles. The molecule has 0 aliphatic carbocycles. The highest BCUT2D eigenvalue weighted by Crippen LogP contribution is 2.51. The quantitative estimate of drug-likeness (QED) is 0.679. The Morgan fingerprint density at radius 1 is 1.23 bits per heavy atom. The summed E-state index contributed by atoms with van der Waals surface area (Å²) in [5.41, 5.74) is 3.93. The molecule has 1 fully saturated rings. The third-order valence-corrected chi connectivity index (χ3v) is 6.14. The van der Waals surface area contributed by atoms with Crippen molar-refractivity contribution in [2.45, 2.75) is 17.8 Å². The lowest BCUT2D eigenvalue weighted by molar-refractivity contribution is -0.215. The molecular formula is C20H15F6N3OS. The van der Waals surface area contributed by atoms with Crippen molar-refractivity contribution >= 4 is 28.8 Å². The van der Waals surface area contributed by atoms with E-state index in [-0.39, 0.29) is 27.7 Å². The lowest BCUT2D eigenvalue weighted by Crippen LogP contribution is -2.46. The number of hydrogen-bond acceptors (Lipinski definition) is 5. The third-order valence-electron chi connectivity index (χ3n) is 5.23. The maximum absolute atomic E-state index is 14.8. The van der Waals surface area contributed by atoms with Crippen molar-refractivity contribution < 1.29 is 31.1 Å². The molecular weight excluding hydrogens is 444 g/mol. The van der Waals surface area contributed by atoms with E-state index in [1.807, 2.05) is 0 Å². The van der Waals surface area contributed by atoms with Gasteiger partial charge in [-0.3, -0.25) is 4.98 Å². The summed E-state index contributed by atoms with van der Waals surface area (Å²) in [6.07, 6.45) is -4.93. The first-order chi connectivity index (χ1) is 14.6. The van der Waals surface area contributed by atoms with Crippen LogP contribution in [0, 0.1) is 17.6 Å². The van der Waals surface area contributed by atoms with Crippen molar-refractivity contribution in [2.75, 3.05) is 12.4 Å². The zero-order chi connectivity index (χ0) is 22.4. The topological polar surface area (TPSA) is 60.5 Å². The van der Waals surface area contributed by atoms with E-state index in [1.165, 1.54) is 12.1 Å². The molecule has 11 heteroatoms. The van der Waals surface area contributed by atoms with Gasteiger partial charge in [0.15, 0.2) is 11.3 Å². The average molecular weight is 459 g/mol. The SMILES string of the molecule is NC1=NC2(c3cc(/C=C(\F)c4ccc(F)cn4)ccc3F)COC(C(F)(F)F)C2CS1. The second-order valence-corrected chi connectivity index (χ2v) is 8.20. The Labute approximate surface area is 177 Å². The van der Waals surface area contributed by atoms with Crippen LogP contribution in [0.25, 0.3) is 11.9 Å². The van der Waals surface area contributed by atoms with Gasteiger partial charge in [-0.25, -0.2) is 18.2 Å². The lowest BCUT2D eigenvalue weighted by Gasteiger charge is -2.36. The molecule has 3 unspecified atom stereocenters. The van der Waals surface area contributed by atoms with Crippen molar-refractivity contribution in [3.63, 3.8) is 0 Å². The van der Waals surface area contributed by atoms with Gasteiger partial charge in [-0.05, 0) is 35.9 Å². The number of halogens is 6. The number of benzene rings is 1. The number of nitrogens with zero attached hydrogens (tertiary/aromatic N) is 2. The molecule has 164 valence electrons. The van der Waals surface area contributed by atoms with Gasteiger partial charge in [-0.15, -0.1) is 0 Å². The molecule has 2 aliphatic rings. The maximum atomic E-state index is 14.8.